The van der Waals surface area contributed by atoms with Crippen molar-refractivity contribution < 1.29 is 35.5 Å². The zero-order chi connectivity index (χ0) is 19.5. The van der Waals surface area contributed by atoms with E-state index in [9.17, 15) is 26.4 Å². The number of rotatable bonds is 6. The number of carbonyl (C=O) groups is 1. The van der Waals surface area contributed by atoms with Crippen molar-refractivity contribution in [2.45, 2.75) is 24.2 Å². The first kappa shape index (κ1) is 23.7. The van der Waals surface area contributed by atoms with Crippen LogP contribution < -0.4 is 10.0 Å². The largest absolute Gasteiger partial charge is 0.465 e. The minimum Gasteiger partial charge on any atom is -0.465 e. The summed E-state index contributed by atoms with van der Waals surface area (Å²) in [5.74, 6) is -0.812. The molecule has 0 amide bonds. The maximum Gasteiger partial charge on any atom is 0.405 e. The van der Waals surface area contributed by atoms with E-state index in [4.69, 9.17) is 4.42 Å². The van der Waals surface area contributed by atoms with E-state index in [-0.39, 0.29) is 36.8 Å². The van der Waals surface area contributed by atoms with Crippen LogP contribution in [0.15, 0.2) is 15.6 Å². The maximum absolute atomic E-state index is 13.3. The van der Waals surface area contributed by atoms with Crippen molar-refractivity contribution >= 4 is 28.4 Å². The van der Waals surface area contributed by atoms with E-state index >= 15 is 0 Å². The van der Waals surface area contributed by atoms with Gasteiger partial charge in [0.25, 0.3) is 10.0 Å². The number of furan rings is 1. The van der Waals surface area contributed by atoms with Crippen molar-refractivity contribution in [3.8, 4) is 0 Å². The number of hydrogen-bond donors (Lipinski definition) is 2. The van der Waals surface area contributed by atoms with Gasteiger partial charge in [-0.2, -0.15) is 13.2 Å². The molecule has 1 aromatic rings. The summed E-state index contributed by atoms with van der Waals surface area (Å²) in [5, 5.41) is 2.30. The Bertz CT molecular complexity index is 748. The van der Waals surface area contributed by atoms with E-state index in [1.165, 1.54) is 11.8 Å². The van der Waals surface area contributed by atoms with Crippen LogP contribution in [0.5, 0.6) is 0 Å². The average molecular weight is 436 g/mol. The highest BCUT2D eigenvalue weighted by atomic mass is 35.5. The Hall–Kier alpha value is -1.34. The fourth-order valence-corrected chi connectivity index (χ4v) is 3.63. The van der Waals surface area contributed by atoms with Gasteiger partial charge in [-0.25, -0.2) is 17.9 Å². The third-order valence-electron chi connectivity index (χ3n) is 4.00. The van der Waals surface area contributed by atoms with Gasteiger partial charge < -0.3 is 14.5 Å². The molecule has 1 aliphatic heterocycles. The molecule has 1 aliphatic rings. The topological polar surface area (TPSA) is 101 Å². The molecule has 8 nitrogen and oxygen atoms in total. The van der Waals surface area contributed by atoms with Gasteiger partial charge in [-0.3, -0.25) is 4.90 Å². The van der Waals surface area contributed by atoms with Crippen LogP contribution >= 0.6 is 12.4 Å². The number of ether oxygens (including phenoxy) is 1. The number of alkyl halides is 3. The third-order valence-corrected chi connectivity index (χ3v) is 5.28. The van der Waals surface area contributed by atoms with Crippen LogP contribution in [-0.2, 0) is 14.8 Å². The number of piperazine rings is 1. The Balaban J connectivity index is 0.00000364. The number of aryl methyl sites for hydroxylation is 1. The smallest absolute Gasteiger partial charge is 0.405 e. The van der Waals surface area contributed by atoms with Gasteiger partial charge in [-0.15, -0.1) is 12.4 Å². The number of carbonyl (C=O) groups excluding carboxylic acids is 1. The molecule has 13 heteroatoms. The number of halogens is 4. The molecule has 27 heavy (non-hydrogen) atoms. The molecular weight excluding hydrogens is 415 g/mol. The van der Waals surface area contributed by atoms with Crippen LogP contribution in [0.4, 0.5) is 13.2 Å². The van der Waals surface area contributed by atoms with E-state index in [1.54, 1.807) is 0 Å². The van der Waals surface area contributed by atoms with Crippen LogP contribution in [0.25, 0.3) is 0 Å². The molecule has 1 fully saturated rings. The maximum atomic E-state index is 13.3. The average Bonchev–Trinajstić information content (AvgIpc) is 2.96. The molecule has 1 aromatic heterocycles. The van der Waals surface area contributed by atoms with Gasteiger partial charge in [0, 0.05) is 38.8 Å². The predicted molar refractivity (Wildman–Crippen MR) is 91.5 cm³/mol. The first-order valence-electron chi connectivity index (χ1n) is 7.76. The highest BCUT2D eigenvalue weighted by Gasteiger charge is 2.44. The summed E-state index contributed by atoms with van der Waals surface area (Å²) in [6.45, 7) is 1.57. The third kappa shape index (κ3) is 5.82. The monoisotopic (exact) mass is 435 g/mol. The molecule has 0 aliphatic carbocycles. The minimum absolute atomic E-state index is 0. The van der Waals surface area contributed by atoms with E-state index in [0.29, 0.717) is 13.1 Å². The Morgan fingerprint density at radius 3 is 2.52 bits per heavy atom. The lowest BCUT2D eigenvalue weighted by Crippen LogP contribution is -2.57. The summed E-state index contributed by atoms with van der Waals surface area (Å²) in [6.07, 6.45) is -4.60. The lowest BCUT2D eigenvalue weighted by molar-refractivity contribution is -0.182. The van der Waals surface area contributed by atoms with Gasteiger partial charge in [-0.05, 0) is 6.92 Å². The zero-order valence-electron chi connectivity index (χ0n) is 14.6. The molecule has 0 saturated carbocycles. The van der Waals surface area contributed by atoms with Gasteiger partial charge in [0.1, 0.15) is 17.4 Å². The van der Waals surface area contributed by atoms with Crippen LogP contribution in [0.1, 0.15) is 16.1 Å². The Morgan fingerprint density at radius 2 is 2.00 bits per heavy atom. The van der Waals surface area contributed by atoms with Crippen molar-refractivity contribution in [1.82, 2.24) is 14.9 Å². The van der Waals surface area contributed by atoms with Crippen LogP contribution in [0, 0.1) is 6.92 Å². The second kappa shape index (κ2) is 9.24. The molecule has 0 spiro atoms. The van der Waals surface area contributed by atoms with Crippen molar-refractivity contribution in [2.75, 3.05) is 39.8 Å². The predicted octanol–water partition coefficient (Wildman–Crippen LogP) is 0.911. The summed E-state index contributed by atoms with van der Waals surface area (Å²) in [7, 11) is -3.25. The molecular formula is C14H21ClF3N3O5S. The molecule has 0 aromatic carbocycles. The minimum atomic E-state index is -4.60. The Labute approximate surface area is 160 Å². The SMILES string of the molecule is COC(=O)c1cc(S(=O)(=O)NCC(N2CCNCC2)C(F)(F)F)oc1C.Cl. The Kier molecular flexibility index (Phi) is 8.11. The number of hydrogen-bond acceptors (Lipinski definition) is 7. The summed E-state index contributed by atoms with van der Waals surface area (Å²) >= 11 is 0. The first-order valence-corrected chi connectivity index (χ1v) is 9.24. The molecule has 2 rings (SSSR count). The molecule has 1 saturated heterocycles. The van der Waals surface area contributed by atoms with Crippen molar-refractivity contribution in [3.05, 3.63) is 17.4 Å². The number of nitrogens with one attached hydrogen (secondary N) is 2. The van der Waals surface area contributed by atoms with E-state index in [2.05, 4.69) is 10.1 Å². The van der Waals surface area contributed by atoms with Crippen molar-refractivity contribution in [1.29, 1.82) is 0 Å². The summed E-state index contributed by atoms with van der Waals surface area (Å²) in [4.78, 5) is 12.7. The highest BCUT2D eigenvalue weighted by molar-refractivity contribution is 7.89. The standard InChI is InChI=1S/C14H20F3N3O5S.ClH/c1-9-10(13(21)24-2)7-12(25-9)26(22,23)19-8-11(14(15,16)17)20-5-3-18-4-6-20;/h7,11,18-19H,3-6,8H2,1-2H3;1H. The van der Waals surface area contributed by atoms with Gasteiger partial charge in [0.05, 0.1) is 7.11 Å². The molecule has 0 bridgehead atoms. The molecule has 2 heterocycles. The second-order valence-corrected chi connectivity index (χ2v) is 7.42. The molecule has 156 valence electrons. The van der Waals surface area contributed by atoms with Gasteiger partial charge in [0.2, 0.25) is 5.09 Å². The zero-order valence-corrected chi connectivity index (χ0v) is 16.3. The highest BCUT2D eigenvalue weighted by Crippen LogP contribution is 2.26. The van der Waals surface area contributed by atoms with Crippen LogP contribution in [-0.4, -0.2) is 71.3 Å². The van der Waals surface area contributed by atoms with Gasteiger partial charge in [-0.1, -0.05) is 0 Å². The van der Waals surface area contributed by atoms with Gasteiger partial charge in [0.15, 0.2) is 0 Å². The number of methoxy groups -OCH3 is 1. The summed E-state index contributed by atoms with van der Waals surface area (Å²) in [5.41, 5.74) is -0.109. The van der Waals surface area contributed by atoms with Gasteiger partial charge >= 0.3 is 12.1 Å². The Morgan fingerprint density at radius 1 is 1.41 bits per heavy atom. The normalized spacial score (nSPS) is 17.2. The van der Waals surface area contributed by atoms with Crippen molar-refractivity contribution in [3.63, 3.8) is 0 Å². The molecule has 0 radical (unpaired) electrons. The van der Waals surface area contributed by atoms with Crippen LogP contribution in [0.2, 0.25) is 0 Å². The molecule has 1 atom stereocenters. The van der Waals surface area contributed by atoms with Crippen LogP contribution in [0.3, 0.4) is 0 Å². The summed E-state index contributed by atoms with van der Waals surface area (Å²) in [6, 6.07) is -1.03. The number of esters is 1. The lowest BCUT2D eigenvalue weighted by Gasteiger charge is -2.35. The van der Waals surface area contributed by atoms with Crippen molar-refractivity contribution in [2.24, 2.45) is 0 Å². The number of nitrogens with zero attached hydrogens (tertiary/aromatic N) is 1. The molecule has 1 unspecified atom stereocenters. The number of sulfonamides is 1. The quantitative estimate of drug-likeness (QED) is 0.640. The first-order chi connectivity index (χ1) is 12.1. The molecule has 2 N–H and O–H groups in total. The fraction of sp³-hybridized carbons (Fsp3) is 0.643. The second-order valence-electron chi connectivity index (χ2n) is 5.72. The lowest BCUT2D eigenvalue weighted by atomic mass is 10.2. The fourth-order valence-electron chi connectivity index (χ4n) is 2.61. The van der Waals surface area contributed by atoms with E-state index in [1.807, 2.05) is 4.72 Å². The van der Waals surface area contributed by atoms with E-state index in [0.717, 1.165) is 13.2 Å². The summed E-state index contributed by atoms with van der Waals surface area (Å²) < 4.78 is 75.9. The van der Waals surface area contributed by atoms with E-state index < -0.39 is 39.8 Å².